The molecule has 0 aliphatic carbocycles. The molecule has 3 nitrogen and oxygen atoms in total. The number of pyridine rings is 1. The second-order valence-electron chi connectivity index (χ2n) is 3.62. The number of imidazole rings is 1. The molecule has 0 atom stereocenters. The van der Waals surface area contributed by atoms with E-state index in [0.29, 0.717) is 11.7 Å². The number of hydrogen-bond acceptors (Lipinski definition) is 2. The SMILES string of the molecule is Cc1cccn2c(CCCN)nc(Cl)c12. The lowest BCUT2D eigenvalue weighted by molar-refractivity contribution is 0.778. The van der Waals surface area contributed by atoms with Crippen LogP contribution in [0.5, 0.6) is 0 Å². The second-order valence-corrected chi connectivity index (χ2v) is 3.98. The van der Waals surface area contributed by atoms with E-state index >= 15 is 0 Å². The quantitative estimate of drug-likeness (QED) is 0.867. The average molecular weight is 224 g/mol. The maximum absolute atomic E-state index is 6.10. The molecule has 0 amide bonds. The highest BCUT2D eigenvalue weighted by Gasteiger charge is 2.09. The number of nitrogens with two attached hydrogens (primary N) is 1. The first-order valence-electron chi connectivity index (χ1n) is 5.06. The zero-order valence-corrected chi connectivity index (χ0v) is 9.46. The van der Waals surface area contributed by atoms with Gasteiger partial charge in [0.15, 0.2) is 5.15 Å². The van der Waals surface area contributed by atoms with Crippen LogP contribution in [0.2, 0.25) is 5.15 Å². The summed E-state index contributed by atoms with van der Waals surface area (Å²) < 4.78 is 2.05. The number of rotatable bonds is 3. The summed E-state index contributed by atoms with van der Waals surface area (Å²) in [6, 6.07) is 4.04. The minimum Gasteiger partial charge on any atom is -0.330 e. The van der Waals surface area contributed by atoms with Crippen molar-refractivity contribution in [1.29, 1.82) is 0 Å². The molecule has 2 aromatic heterocycles. The Morgan fingerprint density at radius 3 is 3.07 bits per heavy atom. The van der Waals surface area contributed by atoms with Gasteiger partial charge in [-0.25, -0.2) is 4.98 Å². The van der Waals surface area contributed by atoms with Crippen molar-refractivity contribution in [3.8, 4) is 0 Å². The van der Waals surface area contributed by atoms with Crippen molar-refractivity contribution in [2.45, 2.75) is 19.8 Å². The van der Waals surface area contributed by atoms with Crippen LogP contribution in [0, 0.1) is 6.92 Å². The topological polar surface area (TPSA) is 43.3 Å². The van der Waals surface area contributed by atoms with Gasteiger partial charge >= 0.3 is 0 Å². The Labute approximate surface area is 93.9 Å². The molecule has 15 heavy (non-hydrogen) atoms. The van der Waals surface area contributed by atoms with Crippen LogP contribution in [0.3, 0.4) is 0 Å². The molecule has 2 heterocycles. The highest BCUT2D eigenvalue weighted by atomic mass is 35.5. The third-order valence-electron chi connectivity index (χ3n) is 2.50. The van der Waals surface area contributed by atoms with Crippen LogP contribution in [0.1, 0.15) is 17.8 Å². The standard InChI is InChI=1S/C11H14ClN3/c1-8-4-3-7-15-9(5-2-6-13)14-11(12)10(8)15/h3-4,7H,2,5-6,13H2,1H3. The van der Waals surface area contributed by atoms with E-state index in [1.165, 1.54) is 0 Å². The van der Waals surface area contributed by atoms with Gasteiger partial charge in [0, 0.05) is 12.6 Å². The molecule has 80 valence electrons. The van der Waals surface area contributed by atoms with Crippen LogP contribution in [-0.2, 0) is 6.42 Å². The van der Waals surface area contributed by atoms with Crippen molar-refractivity contribution < 1.29 is 0 Å². The molecule has 0 aliphatic heterocycles. The molecule has 2 rings (SSSR count). The van der Waals surface area contributed by atoms with Gasteiger partial charge in [0.1, 0.15) is 5.82 Å². The van der Waals surface area contributed by atoms with Crippen LogP contribution >= 0.6 is 11.6 Å². The Morgan fingerprint density at radius 1 is 1.53 bits per heavy atom. The first kappa shape index (κ1) is 10.5. The van der Waals surface area contributed by atoms with Gasteiger partial charge in [0.05, 0.1) is 5.52 Å². The summed E-state index contributed by atoms with van der Waals surface area (Å²) >= 11 is 6.10. The van der Waals surface area contributed by atoms with E-state index in [9.17, 15) is 0 Å². The summed E-state index contributed by atoms with van der Waals surface area (Å²) in [6.07, 6.45) is 3.80. The van der Waals surface area contributed by atoms with Gasteiger partial charge < -0.3 is 10.1 Å². The molecular formula is C11H14ClN3. The molecule has 0 radical (unpaired) electrons. The normalized spacial score (nSPS) is 11.1. The van der Waals surface area contributed by atoms with Crippen LogP contribution in [-0.4, -0.2) is 15.9 Å². The van der Waals surface area contributed by atoms with Gasteiger partial charge in [-0.05, 0) is 31.5 Å². The van der Waals surface area contributed by atoms with Crippen molar-refractivity contribution in [3.63, 3.8) is 0 Å². The van der Waals surface area contributed by atoms with Crippen molar-refractivity contribution >= 4 is 17.1 Å². The van der Waals surface area contributed by atoms with Gasteiger partial charge in [0.25, 0.3) is 0 Å². The predicted molar refractivity (Wildman–Crippen MR) is 62.3 cm³/mol. The van der Waals surface area contributed by atoms with E-state index in [4.69, 9.17) is 17.3 Å². The Hall–Kier alpha value is -1.06. The lowest BCUT2D eigenvalue weighted by atomic mass is 10.2. The molecule has 0 fully saturated rings. The minimum absolute atomic E-state index is 0.583. The Kier molecular flexibility index (Phi) is 2.93. The van der Waals surface area contributed by atoms with E-state index in [0.717, 1.165) is 29.7 Å². The smallest absolute Gasteiger partial charge is 0.155 e. The maximum Gasteiger partial charge on any atom is 0.155 e. The molecule has 0 bridgehead atoms. The molecule has 4 heteroatoms. The van der Waals surface area contributed by atoms with E-state index in [1.54, 1.807) is 0 Å². The van der Waals surface area contributed by atoms with Crippen LogP contribution in [0.4, 0.5) is 0 Å². The number of fused-ring (bicyclic) bond motifs is 1. The second kappa shape index (κ2) is 4.21. The zero-order valence-electron chi connectivity index (χ0n) is 8.70. The Bertz CT molecular complexity index is 476. The van der Waals surface area contributed by atoms with Crippen LogP contribution in [0.25, 0.3) is 5.52 Å². The van der Waals surface area contributed by atoms with Gasteiger partial charge in [-0.1, -0.05) is 17.7 Å². The Balaban J connectivity index is 2.53. The molecule has 2 N–H and O–H groups in total. The molecule has 0 saturated carbocycles. The largest absolute Gasteiger partial charge is 0.330 e. The summed E-state index contributed by atoms with van der Waals surface area (Å²) in [7, 11) is 0. The number of aromatic nitrogens is 2. The Morgan fingerprint density at radius 2 is 2.33 bits per heavy atom. The molecule has 0 aromatic carbocycles. The van der Waals surface area contributed by atoms with Crippen molar-refractivity contribution in [3.05, 3.63) is 34.9 Å². The fourth-order valence-electron chi connectivity index (χ4n) is 1.75. The first-order valence-corrected chi connectivity index (χ1v) is 5.44. The summed E-state index contributed by atoms with van der Waals surface area (Å²) in [5.74, 6) is 0.990. The summed E-state index contributed by atoms with van der Waals surface area (Å²) in [5, 5.41) is 0.583. The van der Waals surface area contributed by atoms with Gasteiger partial charge in [-0.2, -0.15) is 0 Å². The van der Waals surface area contributed by atoms with Crippen molar-refractivity contribution in [2.75, 3.05) is 6.54 Å². The molecular weight excluding hydrogens is 210 g/mol. The number of aryl methyl sites for hydroxylation is 2. The molecule has 0 spiro atoms. The predicted octanol–water partition coefficient (Wildman–Crippen LogP) is 2.19. The van der Waals surface area contributed by atoms with Gasteiger partial charge in [0.2, 0.25) is 0 Å². The summed E-state index contributed by atoms with van der Waals surface area (Å²) in [6.45, 7) is 2.72. The first-order chi connectivity index (χ1) is 7.24. The van der Waals surface area contributed by atoms with Crippen LogP contribution < -0.4 is 5.73 Å². The van der Waals surface area contributed by atoms with E-state index in [-0.39, 0.29) is 0 Å². The minimum atomic E-state index is 0.583. The lowest BCUT2D eigenvalue weighted by Crippen LogP contribution is -2.03. The van der Waals surface area contributed by atoms with Crippen molar-refractivity contribution in [2.24, 2.45) is 5.73 Å². The van der Waals surface area contributed by atoms with Crippen LogP contribution in [0.15, 0.2) is 18.3 Å². The summed E-state index contributed by atoms with van der Waals surface area (Å²) in [5.41, 5.74) is 7.64. The highest BCUT2D eigenvalue weighted by molar-refractivity contribution is 6.32. The number of halogens is 1. The average Bonchev–Trinajstić information content (AvgIpc) is 2.54. The van der Waals surface area contributed by atoms with E-state index in [2.05, 4.69) is 4.98 Å². The van der Waals surface area contributed by atoms with Crippen molar-refractivity contribution in [1.82, 2.24) is 9.38 Å². The lowest BCUT2D eigenvalue weighted by Gasteiger charge is -2.01. The fraction of sp³-hybridized carbons (Fsp3) is 0.364. The zero-order chi connectivity index (χ0) is 10.8. The molecule has 2 aromatic rings. The fourth-order valence-corrected chi connectivity index (χ4v) is 2.09. The van der Waals surface area contributed by atoms with E-state index < -0.39 is 0 Å². The molecule has 0 unspecified atom stereocenters. The monoisotopic (exact) mass is 223 g/mol. The van der Waals surface area contributed by atoms with Gasteiger partial charge in [-0.15, -0.1) is 0 Å². The van der Waals surface area contributed by atoms with E-state index in [1.807, 2.05) is 29.7 Å². The van der Waals surface area contributed by atoms with Gasteiger partial charge in [-0.3, -0.25) is 0 Å². The maximum atomic E-state index is 6.10. The third-order valence-corrected chi connectivity index (χ3v) is 2.76. The number of hydrogen-bond donors (Lipinski definition) is 1. The molecule has 0 saturated heterocycles. The third kappa shape index (κ3) is 1.85. The number of nitrogens with zero attached hydrogens (tertiary/aromatic N) is 2. The summed E-state index contributed by atoms with van der Waals surface area (Å²) in [4.78, 5) is 4.36. The highest BCUT2D eigenvalue weighted by Crippen LogP contribution is 2.22. The molecule has 0 aliphatic rings.